The van der Waals surface area contributed by atoms with Crippen LogP contribution in [0.5, 0.6) is 0 Å². The molecule has 1 aliphatic rings. The van der Waals surface area contributed by atoms with Crippen molar-refractivity contribution in [3.63, 3.8) is 0 Å². The number of hydrogen-bond donors (Lipinski definition) is 1. The Morgan fingerprint density at radius 1 is 1.07 bits per heavy atom. The Hall–Kier alpha value is -3.81. The second-order valence-corrected chi connectivity index (χ2v) is 10.3. The van der Waals surface area contributed by atoms with Gasteiger partial charge in [-0.1, -0.05) is 0 Å². The van der Waals surface area contributed by atoms with Gasteiger partial charge in [-0.05, 0) is 44.5 Å². The summed E-state index contributed by atoms with van der Waals surface area (Å²) >= 11 is 0. The van der Waals surface area contributed by atoms with Crippen molar-refractivity contribution in [2.45, 2.75) is 64.6 Å². The Morgan fingerprint density at radius 2 is 1.75 bits per heavy atom. The largest absolute Gasteiger partial charge is 0.475 e. The Kier molecular flexibility index (Phi) is 7.76. The highest BCUT2D eigenvalue weighted by molar-refractivity contribution is 5.85. The standard InChI is InChI=1S/C26H25F6N3O5/c1-25(2,3)40-14(8-13-9-16(28)17(29)11-15(13)27)10-21(36)34-6-7-35-18(12-34)22(33-24(35)26(30,31)32)19-4-5-20(39-19)23(37)38/h4-5,9,11,14H,6-8,10,12H2,1-3H3,(H,37,38)/t14-/m1/s1. The molecule has 0 fully saturated rings. The summed E-state index contributed by atoms with van der Waals surface area (Å²) in [5, 5.41) is 9.12. The van der Waals surface area contributed by atoms with Crippen LogP contribution < -0.4 is 0 Å². The SMILES string of the molecule is CC(C)(C)O[C@@H](CC(=O)N1CCn2c(C(F)(F)F)nc(-c3ccc(C(=O)O)o3)c2C1)Cc1cc(F)c(F)cc1F. The second kappa shape index (κ2) is 10.6. The fourth-order valence-corrected chi connectivity index (χ4v) is 4.52. The van der Waals surface area contributed by atoms with Crippen molar-refractivity contribution < 1.29 is 50.2 Å². The lowest BCUT2D eigenvalue weighted by Gasteiger charge is -2.32. The molecule has 216 valence electrons. The number of carbonyl (C=O) groups excluding carboxylic acids is 1. The number of amides is 1. The van der Waals surface area contributed by atoms with Gasteiger partial charge < -0.3 is 23.7 Å². The highest BCUT2D eigenvalue weighted by Gasteiger charge is 2.41. The number of imidazole rings is 1. The van der Waals surface area contributed by atoms with E-state index in [1.807, 2.05) is 0 Å². The molecule has 1 amide bonds. The molecule has 0 spiro atoms. The molecule has 0 saturated carbocycles. The van der Waals surface area contributed by atoms with E-state index in [0.717, 1.165) is 10.6 Å². The number of carboxylic acid groups (broad SMARTS) is 1. The zero-order chi connectivity index (χ0) is 29.6. The summed E-state index contributed by atoms with van der Waals surface area (Å²) in [6.07, 6.45) is -6.42. The number of fused-ring (bicyclic) bond motifs is 1. The normalized spacial score (nSPS) is 14.8. The van der Waals surface area contributed by atoms with Crippen LogP contribution >= 0.6 is 0 Å². The second-order valence-electron chi connectivity index (χ2n) is 10.3. The van der Waals surface area contributed by atoms with Gasteiger partial charge in [-0.25, -0.2) is 22.9 Å². The first-order valence-electron chi connectivity index (χ1n) is 12.1. The molecule has 1 aromatic carbocycles. The van der Waals surface area contributed by atoms with E-state index in [1.54, 1.807) is 20.8 Å². The summed E-state index contributed by atoms with van der Waals surface area (Å²) in [6.45, 7) is 4.35. The third kappa shape index (κ3) is 6.32. The Bertz CT molecular complexity index is 1440. The molecule has 40 heavy (non-hydrogen) atoms. The number of furan rings is 1. The van der Waals surface area contributed by atoms with Gasteiger partial charge in [-0.3, -0.25) is 4.79 Å². The molecule has 0 aliphatic carbocycles. The van der Waals surface area contributed by atoms with Crippen molar-refractivity contribution in [1.82, 2.24) is 14.5 Å². The van der Waals surface area contributed by atoms with E-state index in [2.05, 4.69) is 4.98 Å². The van der Waals surface area contributed by atoms with Gasteiger partial charge in [0.05, 0.1) is 30.4 Å². The van der Waals surface area contributed by atoms with Gasteiger partial charge in [0.15, 0.2) is 17.4 Å². The fourth-order valence-electron chi connectivity index (χ4n) is 4.52. The zero-order valence-corrected chi connectivity index (χ0v) is 21.6. The highest BCUT2D eigenvalue weighted by atomic mass is 19.4. The van der Waals surface area contributed by atoms with Crippen molar-refractivity contribution in [1.29, 1.82) is 0 Å². The summed E-state index contributed by atoms with van der Waals surface area (Å²) in [5.74, 6) is -7.55. The average molecular weight is 573 g/mol. The van der Waals surface area contributed by atoms with Gasteiger partial charge in [0.25, 0.3) is 0 Å². The van der Waals surface area contributed by atoms with Crippen molar-refractivity contribution in [3.05, 3.63) is 64.6 Å². The monoisotopic (exact) mass is 573 g/mol. The van der Waals surface area contributed by atoms with E-state index < -0.39 is 58.8 Å². The number of halogens is 6. The molecular weight excluding hydrogens is 548 g/mol. The summed E-state index contributed by atoms with van der Waals surface area (Å²) < 4.78 is 94.7. The molecule has 4 rings (SSSR count). The Morgan fingerprint density at radius 3 is 2.35 bits per heavy atom. The lowest BCUT2D eigenvalue weighted by molar-refractivity contribution is -0.148. The van der Waals surface area contributed by atoms with Crippen LogP contribution in [0.4, 0.5) is 26.3 Å². The number of alkyl halides is 3. The molecule has 8 nitrogen and oxygen atoms in total. The minimum absolute atomic E-state index is 0.0156. The molecule has 1 N–H and O–H groups in total. The van der Waals surface area contributed by atoms with Crippen LogP contribution in [0.3, 0.4) is 0 Å². The van der Waals surface area contributed by atoms with Crippen LogP contribution in [-0.4, -0.2) is 49.7 Å². The first-order chi connectivity index (χ1) is 18.5. The molecule has 1 aliphatic heterocycles. The number of carboxylic acids is 1. The number of hydrogen-bond acceptors (Lipinski definition) is 5. The van der Waals surface area contributed by atoms with Crippen molar-refractivity contribution in [2.24, 2.45) is 0 Å². The molecule has 2 aromatic heterocycles. The van der Waals surface area contributed by atoms with Gasteiger partial charge in [0.1, 0.15) is 11.5 Å². The molecule has 0 unspecified atom stereocenters. The summed E-state index contributed by atoms with van der Waals surface area (Å²) in [4.78, 5) is 29.4. The number of aromatic carboxylic acids is 1. The predicted octanol–water partition coefficient (Wildman–Crippen LogP) is 5.44. The number of nitrogens with zero attached hydrogens (tertiary/aromatic N) is 3. The summed E-state index contributed by atoms with van der Waals surface area (Å²) in [6, 6.07) is 3.34. The summed E-state index contributed by atoms with van der Waals surface area (Å²) in [7, 11) is 0. The number of rotatable bonds is 7. The van der Waals surface area contributed by atoms with Crippen LogP contribution in [-0.2, 0) is 35.2 Å². The van der Waals surface area contributed by atoms with Crippen LogP contribution in [0.2, 0.25) is 0 Å². The van der Waals surface area contributed by atoms with E-state index in [0.29, 0.717) is 12.1 Å². The predicted molar refractivity (Wildman–Crippen MR) is 127 cm³/mol. The first-order valence-corrected chi connectivity index (χ1v) is 12.1. The van der Waals surface area contributed by atoms with Gasteiger partial charge >= 0.3 is 12.1 Å². The van der Waals surface area contributed by atoms with Gasteiger partial charge in [0.2, 0.25) is 17.5 Å². The van der Waals surface area contributed by atoms with E-state index >= 15 is 0 Å². The fraction of sp³-hybridized carbons (Fsp3) is 0.423. The molecule has 0 saturated heterocycles. The quantitative estimate of drug-likeness (QED) is 0.299. The van der Waals surface area contributed by atoms with Crippen molar-refractivity contribution in [3.8, 4) is 11.5 Å². The van der Waals surface area contributed by atoms with Crippen molar-refractivity contribution >= 4 is 11.9 Å². The van der Waals surface area contributed by atoms with Gasteiger partial charge in [0, 0.05) is 25.6 Å². The lowest BCUT2D eigenvalue weighted by atomic mass is 10.0. The number of carbonyl (C=O) groups is 2. The molecule has 14 heteroatoms. The molecule has 3 heterocycles. The van der Waals surface area contributed by atoms with E-state index in [1.165, 1.54) is 11.0 Å². The molecule has 0 radical (unpaired) electrons. The van der Waals surface area contributed by atoms with Crippen molar-refractivity contribution in [2.75, 3.05) is 6.54 Å². The van der Waals surface area contributed by atoms with Crippen LogP contribution in [0.1, 0.15) is 54.8 Å². The third-order valence-electron chi connectivity index (χ3n) is 6.12. The maximum atomic E-state index is 14.3. The molecular formula is C26H25F6N3O5. The van der Waals surface area contributed by atoms with E-state index in [-0.39, 0.29) is 55.2 Å². The first kappa shape index (κ1) is 29.2. The number of benzene rings is 1. The van der Waals surface area contributed by atoms with Gasteiger partial charge in [-0.2, -0.15) is 13.2 Å². The smallest absolute Gasteiger partial charge is 0.449 e. The van der Waals surface area contributed by atoms with Crippen LogP contribution in [0, 0.1) is 17.5 Å². The molecule has 3 aromatic rings. The van der Waals surface area contributed by atoms with Crippen LogP contribution in [0.15, 0.2) is 28.7 Å². The van der Waals surface area contributed by atoms with Crippen LogP contribution in [0.25, 0.3) is 11.5 Å². The maximum absolute atomic E-state index is 14.3. The average Bonchev–Trinajstić information content (AvgIpc) is 3.46. The zero-order valence-electron chi connectivity index (χ0n) is 21.6. The Balaban J connectivity index is 1.61. The minimum atomic E-state index is -4.83. The van der Waals surface area contributed by atoms with E-state index in [9.17, 15) is 35.9 Å². The number of ether oxygens (including phenoxy) is 1. The highest BCUT2D eigenvalue weighted by Crippen LogP contribution is 2.36. The topological polar surface area (TPSA) is 97.8 Å². The van der Waals surface area contributed by atoms with Gasteiger partial charge in [-0.15, -0.1) is 0 Å². The summed E-state index contributed by atoms with van der Waals surface area (Å²) in [5.41, 5.74) is -1.29. The van der Waals surface area contributed by atoms with E-state index in [4.69, 9.17) is 14.3 Å². The minimum Gasteiger partial charge on any atom is -0.475 e. The molecule has 0 bridgehead atoms. The molecule has 1 atom stereocenters. The third-order valence-corrected chi connectivity index (χ3v) is 6.12. The number of aromatic nitrogens is 2. The maximum Gasteiger partial charge on any atom is 0.449 e. The Labute approximate surface area is 224 Å². The lowest BCUT2D eigenvalue weighted by Crippen LogP contribution is -2.42.